The summed E-state index contributed by atoms with van der Waals surface area (Å²) in [5.74, 6) is 0.332. The van der Waals surface area contributed by atoms with Crippen molar-refractivity contribution in [3.05, 3.63) is 22.7 Å². The predicted octanol–water partition coefficient (Wildman–Crippen LogP) is -0.0795. The Morgan fingerprint density at radius 1 is 1.71 bits per heavy atom. The normalized spacial score (nSPS) is 30.6. The van der Waals surface area contributed by atoms with Gasteiger partial charge in [0.1, 0.15) is 24.1 Å². The van der Waals surface area contributed by atoms with Crippen LogP contribution in [0, 0.1) is 5.53 Å². The number of hydrogen-bond acceptors (Lipinski definition) is 8. The molecule has 0 saturated carbocycles. The lowest BCUT2D eigenvalue weighted by Crippen LogP contribution is -2.43. The molecule has 5 atom stereocenters. The Hall–Kier alpha value is -2.20. The summed E-state index contributed by atoms with van der Waals surface area (Å²) in [6.07, 6.45) is -3.39. The largest absolute Gasteiger partial charge is 0.391 e. The zero-order valence-electron chi connectivity index (χ0n) is 13.3. The molecule has 1 aliphatic rings. The molecular formula is C13H20FN6O4+. The van der Waals surface area contributed by atoms with Crippen molar-refractivity contribution in [3.63, 3.8) is 0 Å². The minimum atomic E-state index is -2.13. The van der Waals surface area contributed by atoms with Gasteiger partial charge in [-0.2, -0.15) is 4.98 Å². The molecule has 0 amide bonds. The molecule has 1 aromatic heterocycles. The summed E-state index contributed by atoms with van der Waals surface area (Å²) >= 11 is 0. The molecule has 10 nitrogen and oxygen atoms in total. The molecule has 1 unspecified atom stereocenters. The van der Waals surface area contributed by atoms with E-state index in [1.807, 2.05) is 13.8 Å². The highest BCUT2D eigenvalue weighted by Gasteiger charge is 2.60. The van der Waals surface area contributed by atoms with Crippen molar-refractivity contribution in [2.75, 3.05) is 11.9 Å². The van der Waals surface area contributed by atoms with E-state index in [1.165, 1.54) is 12.3 Å². The quantitative estimate of drug-likeness (QED) is 0.419. The second-order valence-corrected chi connectivity index (χ2v) is 5.56. The van der Waals surface area contributed by atoms with Crippen molar-refractivity contribution in [1.29, 1.82) is 5.53 Å². The van der Waals surface area contributed by atoms with E-state index in [-0.39, 0.29) is 6.04 Å². The van der Waals surface area contributed by atoms with Crippen LogP contribution >= 0.6 is 0 Å². The van der Waals surface area contributed by atoms with Crippen LogP contribution < -0.4 is 15.9 Å². The van der Waals surface area contributed by atoms with Crippen molar-refractivity contribution in [1.82, 2.24) is 14.5 Å². The van der Waals surface area contributed by atoms with Crippen molar-refractivity contribution < 1.29 is 19.3 Å². The number of rotatable bonds is 6. The molecule has 0 aromatic carbocycles. The third kappa shape index (κ3) is 3.20. The van der Waals surface area contributed by atoms with Crippen molar-refractivity contribution in [2.45, 2.75) is 50.5 Å². The molecule has 1 saturated heterocycles. The van der Waals surface area contributed by atoms with E-state index in [0.29, 0.717) is 5.82 Å². The summed E-state index contributed by atoms with van der Waals surface area (Å²) in [5, 5.41) is 25.5. The number of aromatic nitrogens is 2. The van der Waals surface area contributed by atoms with Gasteiger partial charge in [-0.25, -0.2) is 9.18 Å². The molecule has 0 bridgehead atoms. The molecule has 132 valence electrons. The minimum Gasteiger partial charge on any atom is -0.391 e. The van der Waals surface area contributed by atoms with Gasteiger partial charge in [-0.3, -0.25) is 4.57 Å². The molecule has 4 N–H and O–H groups in total. The molecule has 0 aliphatic carbocycles. The number of aliphatic hydroxyl groups excluding tert-OH is 2. The second kappa shape index (κ2) is 7.14. The monoisotopic (exact) mass is 343 g/mol. The Bertz CT molecular complexity index is 693. The van der Waals surface area contributed by atoms with Crippen LogP contribution in [-0.4, -0.2) is 50.4 Å². The fraction of sp³-hybridized carbons (Fsp3) is 0.692. The maximum Gasteiger partial charge on any atom is 0.351 e. The summed E-state index contributed by atoms with van der Waals surface area (Å²) in [6.45, 7) is 2.99. The van der Waals surface area contributed by atoms with E-state index in [9.17, 15) is 19.4 Å². The van der Waals surface area contributed by atoms with E-state index in [2.05, 4.69) is 20.3 Å². The average molecular weight is 343 g/mol. The van der Waals surface area contributed by atoms with Gasteiger partial charge in [0.25, 0.3) is 5.72 Å². The summed E-state index contributed by atoms with van der Waals surface area (Å²) in [7, 11) is 0. The lowest BCUT2D eigenvalue weighted by molar-refractivity contribution is -0.128. The zero-order chi connectivity index (χ0) is 17.9. The Labute approximate surface area is 136 Å². The first kappa shape index (κ1) is 18.1. The molecule has 1 aliphatic heterocycles. The van der Waals surface area contributed by atoms with E-state index in [0.717, 1.165) is 11.0 Å². The highest BCUT2D eigenvalue weighted by Crippen LogP contribution is 2.38. The van der Waals surface area contributed by atoms with Crippen LogP contribution in [0.2, 0.25) is 0 Å². The lowest BCUT2D eigenvalue weighted by atomic mass is 10.1. The summed E-state index contributed by atoms with van der Waals surface area (Å²) in [4.78, 5) is 18.6. The zero-order valence-corrected chi connectivity index (χ0v) is 13.3. The number of hydrogen-bond donors (Lipinski definition) is 4. The smallest absolute Gasteiger partial charge is 0.351 e. The number of anilines is 1. The molecule has 1 fully saturated rings. The average Bonchev–Trinajstić information content (AvgIpc) is 2.81. The van der Waals surface area contributed by atoms with E-state index < -0.39 is 36.5 Å². The van der Waals surface area contributed by atoms with Gasteiger partial charge in [0.2, 0.25) is 4.91 Å². The van der Waals surface area contributed by atoms with Gasteiger partial charge >= 0.3 is 5.69 Å². The van der Waals surface area contributed by atoms with E-state index in [4.69, 9.17) is 10.3 Å². The number of nitrogens with zero attached hydrogens (tertiary/aromatic N) is 4. The summed E-state index contributed by atoms with van der Waals surface area (Å²) in [6, 6.07) is 1.58. The third-order valence-corrected chi connectivity index (χ3v) is 3.92. The molecule has 11 heteroatoms. The third-order valence-electron chi connectivity index (χ3n) is 3.92. The molecule has 24 heavy (non-hydrogen) atoms. The number of aliphatic hydroxyl groups is 2. The van der Waals surface area contributed by atoms with Crippen LogP contribution in [0.3, 0.4) is 0 Å². The van der Waals surface area contributed by atoms with Crippen LogP contribution in [0.15, 0.2) is 22.2 Å². The molecule has 0 radical (unpaired) electrons. The molecule has 0 spiro atoms. The van der Waals surface area contributed by atoms with Crippen molar-refractivity contribution in [2.24, 2.45) is 5.11 Å². The molecule has 1 aromatic rings. The lowest BCUT2D eigenvalue weighted by Gasteiger charge is -2.18. The van der Waals surface area contributed by atoms with Gasteiger partial charge in [-0.05, 0) is 19.4 Å². The molecule has 2 heterocycles. The maximum atomic E-state index is 14.4. The van der Waals surface area contributed by atoms with Crippen LogP contribution in [0.4, 0.5) is 10.2 Å². The fourth-order valence-corrected chi connectivity index (χ4v) is 2.33. The van der Waals surface area contributed by atoms with E-state index >= 15 is 0 Å². The Balaban J connectivity index is 2.32. The second-order valence-electron chi connectivity index (χ2n) is 5.56. The Kier molecular flexibility index (Phi) is 5.40. The summed E-state index contributed by atoms with van der Waals surface area (Å²) in [5.41, 5.74) is 3.80. The highest BCUT2D eigenvalue weighted by molar-refractivity contribution is 5.33. The standard InChI is InChI=1S/C13H19FN6O4/c1-3-7(2)16-8-4-5-20(12(23)17-8)11-9(14)10(22)13(6-21,24-11)18-19-15/h4-5,7,9-11,15,21-22H,3,6H2,1-2H3/p+1/t7?,9-,10-,11+,13+/m0/s1. The first-order valence-electron chi connectivity index (χ1n) is 7.43. The number of halogens is 1. The van der Waals surface area contributed by atoms with Crippen molar-refractivity contribution >= 4 is 5.82 Å². The van der Waals surface area contributed by atoms with Crippen LogP contribution in [-0.2, 0) is 4.74 Å². The predicted molar refractivity (Wildman–Crippen MR) is 80.0 cm³/mol. The SMILES string of the molecule is CCC(C)Nc1ccn([C@@H]2O[C@@](CO)(N=[N+]=N)[C@@H](O)[C@@H]2F)c(=O)n1. The maximum absolute atomic E-state index is 14.4. The van der Waals surface area contributed by atoms with Crippen molar-refractivity contribution in [3.8, 4) is 0 Å². The van der Waals surface area contributed by atoms with Gasteiger partial charge in [0.05, 0.1) is 0 Å². The Morgan fingerprint density at radius 2 is 2.42 bits per heavy atom. The van der Waals surface area contributed by atoms with Gasteiger partial charge in [0.15, 0.2) is 17.5 Å². The first-order valence-corrected chi connectivity index (χ1v) is 7.43. The van der Waals surface area contributed by atoms with Gasteiger partial charge in [0, 0.05) is 12.2 Å². The first-order chi connectivity index (χ1) is 11.4. The van der Waals surface area contributed by atoms with Crippen LogP contribution in [0.25, 0.3) is 0 Å². The number of nitrogens with one attached hydrogen (secondary N) is 2. The molecular weight excluding hydrogens is 323 g/mol. The number of alkyl halides is 1. The van der Waals surface area contributed by atoms with Gasteiger partial charge in [-0.15, -0.1) is 0 Å². The Morgan fingerprint density at radius 3 is 2.96 bits per heavy atom. The fourth-order valence-electron chi connectivity index (χ4n) is 2.33. The van der Waals surface area contributed by atoms with Crippen LogP contribution in [0.5, 0.6) is 0 Å². The number of ether oxygens (including phenoxy) is 1. The summed E-state index contributed by atoms with van der Waals surface area (Å²) < 4.78 is 20.4. The minimum absolute atomic E-state index is 0.103. The molecule has 2 rings (SSSR count). The topological polar surface area (TPSA) is 147 Å². The highest BCUT2D eigenvalue weighted by atomic mass is 19.1. The van der Waals surface area contributed by atoms with Gasteiger partial charge < -0.3 is 20.3 Å². The van der Waals surface area contributed by atoms with E-state index in [1.54, 1.807) is 0 Å². The van der Waals surface area contributed by atoms with Crippen LogP contribution in [0.1, 0.15) is 26.5 Å². The van der Waals surface area contributed by atoms with Gasteiger partial charge in [-0.1, -0.05) is 6.92 Å².